The number of aliphatic hydroxyl groups is 1. The predicted octanol–water partition coefficient (Wildman–Crippen LogP) is 2.54. The number of rotatable bonds is 11. The van der Waals surface area contributed by atoms with Gasteiger partial charge in [-0.05, 0) is 53.1 Å². The Hall–Kier alpha value is -4.74. The average Bonchev–Trinajstić information content (AvgIpc) is 2.95. The maximum Gasteiger partial charge on any atom is 0.322 e. The van der Waals surface area contributed by atoms with Gasteiger partial charge >= 0.3 is 5.97 Å². The molecule has 4 aromatic carbocycles. The molecule has 2 atom stereocenters. The van der Waals surface area contributed by atoms with Crippen molar-refractivity contribution in [2.45, 2.75) is 23.5 Å². The van der Waals surface area contributed by atoms with Crippen LogP contribution in [0.1, 0.15) is 15.9 Å². The molecule has 40 heavy (non-hydrogen) atoms. The third-order valence-corrected chi connectivity index (χ3v) is 7.47. The van der Waals surface area contributed by atoms with Crippen molar-refractivity contribution in [2.75, 3.05) is 11.3 Å². The molecule has 4 aromatic rings. The zero-order valence-electron chi connectivity index (χ0n) is 21.2. The van der Waals surface area contributed by atoms with Gasteiger partial charge in [0.05, 0.1) is 10.9 Å². The highest BCUT2D eigenvalue weighted by atomic mass is 32.2. The third-order valence-electron chi connectivity index (χ3n) is 6.09. The van der Waals surface area contributed by atoms with Gasteiger partial charge in [-0.25, -0.2) is 8.42 Å². The van der Waals surface area contributed by atoms with E-state index in [1.807, 2.05) is 24.3 Å². The summed E-state index contributed by atoms with van der Waals surface area (Å²) in [5.74, 6) is -2.91. The maximum absolute atomic E-state index is 13.1. The second kappa shape index (κ2) is 12.4. The van der Waals surface area contributed by atoms with Crippen LogP contribution in [-0.2, 0) is 26.0 Å². The molecule has 0 heterocycles. The summed E-state index contributed by atoms with van der Waals surface area (Å²) in [5, 5.41) is 25.8. The number of carbonyl (C=O) groups excluding carboxylic acids is 2. The van der Waals surface area contributed by atoms with Gasteiger partial charge < -0.3 is 20.8 Å². The lowest BCUT2D eigenvalue weighted by Crippen LogP contribution is -2.52. The molecule has 0 saturated carbocycles. The van der Waals surface area contributed by atoms with Gasteiger partial charge in [-0.15, -0.1) is 0 Å². The van der Waals surface area contributed by atoms with Crippen molar-refractivity contribution in [3.8, 4) is 0 Å². The van der Waals surface area contributed by atoms with E-state index < -0.39 is 46.5 Å². The van der Waals surface area contributed by atoms with Crippen LogP contribution in [0.4, 0.5) is 5.69 Å². The number of aliphatic hydroxyl groups excluding tert-OH is 1. The number of aliphatic carboxylic acids is 1. The lowest BCUT2D eigenvalue weighted by Gasteiger charge is -2.24. The van der Waals surface area contributed by atoms with Crippen LogP contribution in [0.2, 0.25) is 0 Å². The van der Waals surface area contributed by atoms with Crippen molar-refractivity contribution in [3.63, 3.8) is 0 Å². The molecule has 0 spiro atoms. The number of anilines is 1. The number of benzene rings is 4. The topological polar surface area (TPSA) is 162 Å². The molecule has 0 fully saturated rings. The summed E-state index contributed by atoms with van der Waals surface area (Å²) >= 11 is 0. The summed E-state index contributed by atoms with van der Waals surface area (Å²) in [7, 11) is -3.97. The van der Waals surface area contributed by atoms with Gasteiger partial charge in [0.25, 0.3) is 21.8 Å². The zero-order chi connectivity index (χ0) is 28.7. The quantitative estimate of drug-likeness (QED) is 0.188. The number of carbonyl (C=O) groups is 3. The van der Waals surface area contributed by atoms with E-state index in [9.17, 15) is 27.9 Å². The van der Waals surface area contributed by atoms with Crippen molar-refractivity contribution >= 4 is 44.3 Å². The van der Waals surface area contributed by atoms with Gasteiger partial charge in [-0.2, -0.15) is 0 Å². The molecule has 5 N–H and O–H groups in total. The van der Waals surface area contributed by atoms with Gasteiger partial charge in [-0.1, -0.05) is 66.7 Å². The van der Waals surface area contributed by atoms with Crippen molar-refractivity contribution in [1.82, 2.24) is 10.6 Å². The monoisotopic (exact) mass is 561 g/mol. The lowest BCUT2D eigenvalue weighted by molar-refractivity contribution is -0.140. The molecule has 4 rings (SSSR count). The second-order valence-corrected chi connectivity index (χ2v) is 10.7. The maximum atomic E-state index is 13.1. The van der Waals surface area contributed by atoms with Gasteiger partial charge in [0.2, 0.25) is 0 Å². The molecule has 0 aromatic heterocycles. The number of carboxylic acids is 1. The number of sulfonamides is 1. The minimum absolute atomic E-state index is 0.0551. The number of hydrogen-bond donors (Lipinski definition) is 5. The van der Waals surface area contributed by atoms with Gasteiger partial charge in [-0.3, -0.25) is 19.1 Å². The van der Waals surface area contributed by atoms with Gasteiger partial charge in [0, 0.05) is 11.3 Å². The molecule has 2 amide bonds. The molecule has 0 saturated heterocycles. The Morgan fingerprint density at radius 2 is 1.50 bits per heavy atom. The Morgan fingerprint density at radius 3 is 2.23 bits per heavy atom. The smallest absolute Gasteiger partial charge is 0.322 e. The summed E-state index contributed by atoms with van der Waals surface area (Å²) in [4.78, 5) is 36.4. The molecule has 10 nitrogen and oxygen atoms in total. The number of amides is 2. The van der Waals surface area contributed by atoms with Crippen LogP contribution in [0, 0.1) is 0 Å². The first-order valence-electron chi connectivity index (χ1n) is 12.3. The fraction of sp³-hybridized carbons (Fsp3) is 0.138. The molecule has 0 aliphatic rings. The first-order chi connectivity index (χ1) is 19.1. The van der Waals surface area contributed by atoms with Gasteiger partial charge in [0.15, 0.2) is 6.10 Å². The van der Waals surface area contributed by atoms with Crippen LogP contribution in [0.15, 0.2) is 102 Å². The number of carboxylic acid groups (broad SMARTS) is 1. The highest BCUT2D eigenvalue weighted by Crippen LogP contribution is 2.22. The van der Waals surface area contributed by atoms with E-state index in [1.54, 1.807) is 42.5 Å². The van der Waals surface area contributed by atoms with E-state index in [-0.39, 0.29) is 22.6 Å². The molecular formula is C29H27N3O7S. The molecule has 1 unspecified atom stereocenters. The second-order valence-electron chi connectivity index (χ2n) is 9.02. The summed E-state index contributed by atoms with van der Waals surface area (Å²) in [6.45, 7) is -0.693. The normalized spacial score (nSPS) is 12.7. The Balaban J connectivity index is 1.52. The van der Waals surface area contributed by atoms with Crippen molar-refractivity contribution in [3.05, 3.63) is 108 Å². The Morgan fingerprint density at radius 1 is 0.800 bits per heavy atom. The highest BCUT2D eigenvalue weighted by molar-refractivity contribution is 7.92. The molecule has 0 radical (unpaired) electrons. The summed E-state index contributed by atoms with van der Waals surface area (Å²) in [6, 6.07) is 25.6. The lowest BCUT2D eigenvalue weighted by atomic mass is 10.00. The van der Waals surface area contributed by atoms with E-state index in [0.29, 0.717) is 0 Å². The summed E-state index contributed by atoms with van der Waals surface area (Å²) in [6.07, 6.45) is -1.68. The van der Waals surface area contributed by atoms with E-state index >= 15 is 0 Å². The van der Waals surface area contributed by atoms with Crippen molar-refractivity contribution < 1.29 is 33.0 Å². The largest absolute Gasteiger partial charge is 0.480 e. The average molecular weight is 562 g/mol. The SMILES string of the molecule is O=C(O)CNC(=O)[C@@H](O)C(Cc1ccccc1)NC(=O)c1cccc(NS(=O)(=O)c2ccc3ccccc3c2)c1. The van der Waals surface area contributed by atoms with Crippen LogP contribution in [-0.4, -0.2) is 55.1 Å². The first kappa shape index (κ1) is 28.3. The fourth-order valence-corrected chi connectivity index (χ4v) is 5.17. The zero-order valence-corrected chi connectivity index (χ0v) is 22.0. The van der Waals surface area contributed by atoms with E-state index in [2.05, 4.69) is 15.4 Å². The van der Waals surface area contributed by atoms with E-state index in [4.69, 9.17) is 5.11 Å². The highest BCUT2D eigenvalue weighted by Gasteiger charge is 2.28. The van der Waals surface area contributed by atoms with E-state index in [1.165, 1.54) is 30.3 Å². The van der Waals surface area contributed by atoms with Crippen molar-refractivity contribution in [2.24, 2.45) is 0 Å². The molecule has 206 valence electrons. The minimum atomic E-state index is -3.97. The van der Waals surface area contributed by atoms with E-state index in [0.717, 1.165) is 16.3 Å². The molecule has 0 aliphatic heterocycles. The van der Waals surface area contributed by atoms with Gasteiger partial charge in [0.1, 0.15) is 6.54 Å². The molecule has 11 heteroatoms. The Kier molecular flexibility index (Phi) is 8.77. The van der Waals surface area contributed by atoms with Crippen LogP contribution >= 0.6 is 0 Å². The minimum Gasteiger partial charge on any atom is -0.480 e. The number of fused-ring (bicyclic) bond motifs is 1. The third kappa shape index (κ3) is 7.22. The van der Waals surface area contributed by atoms with Crippen LogP contribution in [0.25, 0.3) is 10.8 Å². The predicted molar refractivity (Wildman–Crippen MR) is 149 cm³/mol. The van der Waals surface area contributed by atoms with Crippen LogP contribution in [0.3, 0.4) is 0 Å². The van der Waals surface area contributed by atoms with Crippen LogP contribution in [0.5, 0.6) is 0 Å². The summed E-state index contributed by atoms with van der Waals surface area (Å²) in [5.41, 5.74) is 0.935. The Labute approximate surface area is 230 Å². The fourth-order valence-electron chi connectivity index (χ4n) is 4.08. The number of nitrogens with one attached hydrogen (secondary N) is 3. The molecule has 0 aliphatic carbocycles. The molecule has 0 bridgehead atoms. The first-order valence-corrected chi connectivity index (χ1v) is 13.7. The standard InChI is InChI=1S/C29H27N3O7S/c33-26(34)18-30-29(37)27(35)25(15-19-7-2-1-3-8-19)31-28(36)22-11-6-12-23(16-22)32-40(38,39)24-14-13-20-9-4-5-10-21(20)17-24/h1-14,16-17,25,27,32,35H,15,18H2,(H,30,37)(H,31,36)(H,33,34)/t25?,27-/m0/s1. The molecular weight excluding hydrogens is 534 g/mol. The van der Waals surface area contributed by atoms with Crippen LogP contribution < -0.4 is 15.4 Å². The number of hydrogen-bond acceptors (Lipinski definition) is 6. The summed E-state index contributed by atoms with van der Waals surface area (Å²) < 4.78 is 28.6. The Bertz CT molecular complexity index is 1640. The van der Waals surface area contributed by atoms with Crippen molar-refractivity contribution in [1.29, 1.82) is 0 Å².